The zero-order chi connectivity index (χ0) is 24.4. The topological polar surface area (TPSA) is 98.7 Å². The monoisotopic (exact) mass is 485 g/mol. The Morgan fingerprint density at radius 3 is 2.33 bits per heavy atom. The number of amides is 1. The third-order valence-corrected chi connectivity index (χ3v) is 8.16. The van der Waals surface area contributed by atoms with Crippen molar-refractivity contribution in [2.45, 2.75) is 29.8 Å². The maximum atomic E-state index is 13.5. The Balaban J connectivity index is 2.18. The fourth-order valence-electron chi connectivity index (χ4n) is 4.15. The number of para-hydroxylation sites is 1. The van der Waals surface area contributed by atoms with Gasteiger partial charge in [-0.1, -0.05) is 30.3 Å². The van der Waals surface area contributed by atoms with Crippen LogP contribution in [0.2, 0.25) is 0 Å². The average molecular weight is 486 g/mol. The van der Waals surface area contributed by atoms with Crippen LogP contribution in [0.25, 0.3) is 0 Å². The number of sulfonamides is 1. The van der Waals surface area contributed by atoms with Crippen molar-refractivity contribution in [3.63, 3.8) is 0 Å². The molecule has 0 spiro atoms. The van der Waals surface area contributed by atoms with Crippen LogP contribution in [0.1, 0.15) is 34.3 Å². The quantitative estimate of drug-likeness (QED) is 0.585. The number of phenolic OH excluding ortho intramolecular Hbond substituents is 1. The summed E-state index contributed by atoms with van der Waals surface area (Å²) in [6, 6.07) is 10.2. The van der Waals surface area contributed by atoms with Crippen LogP contribution in [0.3, 0.4) is 0 Å². The van der Waals surface area contributed by atoms with Gasteiger partial charge in [0.15, 0.2) is 5.37 Å². The van der Waals surface area contributed by atoms with Crippen molar-refractivity contribution in [3.8, 4) is 5.75 Å². The summed E-state index contributed by atoms with van der Waals surface area (Å²) in [5.41, 5.74) is -2.20. The molecule has 0 radical (unpaired) electrons. The predicted molar refractivity (Wildman–Crippen MR) is 117 cm³/mol. The van der Waals surface area contributed by atoms with E-state index in [0.717, 1.165) is 16.4 Å². The molecule has 1 heterocycles. The Morgan fingerprint density at radius 2 is 1.76 bits per heavy atom. The summed E-state index contributed by atoms with van der Waals surface area (Å²) < 4.78 is 68.2. The molecule has 0 bridgehead atoms. The van der Waals surface area contributed by atoms with Crippen LogP contribution in [0.15, 0.2) is 48.5 Å². The van der Waals surface area contributed by atoms with E-state index in [1.54, 1.807) is 0 Å². The van der Waals surface area contributed by atoms with E-state index >= 15 is 0 Å². The van der Waals surface area contributed by atoms with Gasteiger partial charge in [-0.25, -0.2) is 12.7 Å². The zero-order valence-electron chi connectivity index (χ0n) is 18.2. The summed E-state index contributed by atoms with van der Waals surface area (Å²) in [6.45, 7) is 0.699. The van der Waals surface area contributed by atoms with Gasteiger partial charge in [0.25, 0.3) is 5.91 Å². The lowest BCUT2D eigenvalue weighted by molar-refractivity contribution is -0.137. The minimum atomic E-state index is -4.61. The first-order chi connectivity index (χ1) is 15.4. The molecule has 3 N–H and O–H groups in total. The Hall–Kier alpha value is -2.63. The van der Waals surface area contributed by atoms with Crippen molar-refractivity contribution in [1.82, 2.24) is 14.9 Å². The zero-order valence-corrected chi connectivity index (χ0v) is 19.0. The molecule has 33 heavy (non-hydrogen) atoms. The van der Waals surface area contributed by atoms with Crippen LogP contribution in [0.5, 0.6) is 5.75 Å². The van der Waals surface area contributed by atoms with Crippen LogP contribution in [-0.2, 0) is 21.6 Å². The van der Waals surface area contributed by atoms with Gasteiger partial charge in [-0.2, -0.15) is 13.2 Å². The van der Waals surface area contributed by atoms with Gasteiger partial charge in [0.2, 0.25) is 10.0 Å². The molecule has 1 aliphatic rings. The fourth-order valence-corrected chi connectivity index (χ4v) is 5.77. The van der Waals surface area contributed by atoms with Crippen molar-refractivity contribution in [3.05, 3.63) is 65.2 Å². The molecule has 1 amide bonds. The largest absolute Gasteiger partial charge is 0.507 e. The summed E-state index contributed by atoms with van der Waals surface area (Å²) in [5.74, 6) is -1.18. The molecule has 7 nitrogen and oxygen atoms in total. The molecular weight excluding hydrogens is 459 g/mol. The van der Waals surface area contributed by atoms with E-state index in [2.05, 4.69) is 10.6 Å². The van der Waals surface area contributed by atoms with E-state index < -0.39 is 38.5 Å². The minimum Gasteiger partial charge on any atom is -0.507 e. The highest BCUT2D eigenvalue weighted by Gasteiger charge is 2.50. The number of halogens is 3. The second-order valence-corrected chi connectivity index (χ2v) is 10.4. The number of nitrogens with one attached hydrogen (secondary N) is 2. The van der Waals surface area contributed by atoms with E-state index in [0.29, 0.717) is 13.1 Å². The predicted octanol–water partition coefficient (Wildman–Crippen LogP) is 2.68. The summed E-state index contributed by atoms with van der Waals surface area (Å²) in [5, 5.41) is 14.1. The number of piperidine rings is 1. The molecule has 0 saturated carbocycles. The number of phenols is 1. The van der Waals surface area contributed by atoms with E-state index in [1.807, 2.05) is 0 Å². The normalized spacial score (nSPS) is 17.5. The Bertz CT molecular complexity index is 1110. The number of nitrogens with zero attached hydrogens (tertiary/aromatic N) is 1. The third-order valence-electron chi connectivity index (χ3n) is 5.98. The van der Waals surface area contributed by atoms with Gasteiger partial charge in [-0.15, -0.1) is 0 Å². The minimum absolute atomic E-state index is 0.135. The summed E-state index contributed by atoms with van der Waals surface area (Å²) >= 11 is 0. The van der Waals surface area contributed by atoms with E-state index in [1.165, 1.54) is 50.5 Å². The molecule has 1 aliphatic heterocycles. The lowest BCUT2D eigenvalue weighted by atomic mass is 9.72. The van der Waals surface area contributed by atoms with Gasteiger partial charge in [-0.3, -0.25) is 4.79 Å². The molecule has 1 saturated heterocycles. The highest BCUT2D eigenvalue weighted by molar-refractivity contribution is 7.89. The molecule has 1 fully saturated rings. The van der Waals surface area contributed by atoms with Crippen molar-refractivity contribution in [1.29, 1.82) is 0 Å². The smallest absolute Gasteiger partial charge is 0.416 e. The number of aromatic hydroxyl groups is 1. The SMILES string of the molecule is CN(C)S(=O)(=O)C(NC(=O)c1ccccc1O)C1(c2cccc(C(F)(F)F)c2)CCNCC1. The number of benzene rings is 2. The number of hydrogen-bond acceptors (Lipinski definition) is 5. The van der Waals surface area contributed by atoms with Gasteiger partial charge in [0, 0.05) is 19.5 Å². The first-order valence-corrected chi connectivity index (χ1v) is 11.8. The summed E-state index contributed by atoms with van der Waals surface area (Å²) in [6.07, 6.45) is -4.26. The number of rotatable bonds is 6. The number of hydrogen-bond donors (Lipinski definition) is 3. The molecule has 0 aliphatic carbocycles. The van der Waals surface area contributed by atoms with Gasteiger partial charge in [0.05, 0.1) is 11.1 Å². The van der Waals surface area contributed by atoms with Crippen molar-refractivity contribution >= 4 is 15.9 Å². The van der Waals surface area contributed by atoms with Crippen LogP contribution >= 0.6 is 0 Å². The molecule has 1 unspecified atom stereocenters. The fraction of sp³-hybridized carbons (Fsp3) is 0.409. The van der Waals surface area contributed by atoms with Gasteiger partial charge in [-0.05, 0) is 49.7 Å². The molecule has 3 rings (SSSR count). The molecule has 0 aromatic heterocycles. The Labute approximate surface area is 190 Å². The van der Waals surface area contributed by atoms with Gasteiger partial charge < -0.3 is 15.7 Å². The molecule has 2 aromatic carbocycles. The van der Waals surface area contributed by atoms with E-state index in [9.17, 15) is 31.5 Å². The highest BCUT2D eigenvalue weighted by Crippen LogP contribution is 2.42. The first-order valence-electron chi connectivity index (χ1n) is 10.3. The van der Waals surface area contributed by atoms with Crippen LogP contribution in [0.4, 0.5) is 13.2 Å². The summed E-state index contributed by atoms with van der Waals surface area (Å²) in [4.78, 5) is 13.0. The van der Waals surface area contributed by atoms with Gasteiger partial charge in [0.1, 0.15) is 5.75 Å². The lowest BCUT2D eigenvalue weighted by Crippen LogP contribution is -2.60. The second-order valence-electron chi connectivity index (χ2n) is 8.18. The van der Waals surface area contributed by atoms with Crippen LogP contribution in [0, 0.1) is 0 Å². The van der Waals surface area contributed by atoms with Crippen molar-refractivity contribution in [2.24, 2.45) is 0 Å². The molecule has 2 aromatic rings. The number of carbonyl (C=O) groups is 1. The van der Waals surface area contributed by atoms with Crippen LogP contribution in [-0.4, -0.2) is 56.3 Å². The number of alkyl halides is 3. The number of carbonyl (C=O) groups excluding carboxylic acids is 1. The average Bonchev–Trinajstić information content (AvgIpc) is 2.77. The molecular formula is C22H26F3N3O4S. The molecule has 11 heteroatoms. The maximum absolute atomic E-state index is 13.5. The van der Waals surface area contributed by atoms with Crippen molar-refractivity contribution in [2.75, 3.05) is 27.2 Å². The first kappa shape index (κ1) is 25.0. The van der Waals surface area contributed by atoms with Crippen LogP contribution < -0.4 is 10.6 Å². The standard InChI is InChI=1S/C22H26F3N3O4S/c1-28(2)33(31,32)20(27-19(30)17-8-3-4-9-18(17)29)21(10-12-26-13-11-21)15-6-5-7-16(14-15)22(23,24)25/h3-9,14,20,26,29H,10-13H2,1-2H3,(H,27,30). The highest BCUT2D eigenvalue weighted by atomic mass is 32.2. The Kier molecular flexibility index (Phi) is 7.06. The van der Waals surface area contributed by atoms with Gasteiger partial charge >= 0.3 is 6.18 Å². The lowest BCUT2D eigenvalue weighted by Gasteiger charge is -2.44. The third kappa shape index (κ3) is 4.99. The maximum Gasteiger partial charge on any atom is 0.416 e. The van der Waals surface area contributed by atoms with E-state index in [-0.39, 0.29) is 29.7 Å². The summed E-state index contributed by atoms with van der Waals surface area (Å²) in [7, 11) is -1.60. The molecule has 180 valence electrons. The molecule has 1 atom stereocenters. The van der Waals surface area contributed by atoms with E-state index in [4.69, 9.17) is 0 Å². The second kappa shape index (κ2) is 9.32. The Morgan fingerprint density at radius 1 is 1.12 bits per heavy atom. The van der Waals surface area contributed by atoms with Crippen molar-refractivity contribution < 1.29 is 31.5 Å².